The molecule has 1 aromatic heterocycles. The van der Waals surface area contributed by atoms with E-state index >= 15 is 0 Å². The number of hydrogen-bond donors (Lipinski definition) is 2. The third kappa shape index (κ3) is 1.94. The highest BCUT2D eigenvalue weighted by Crippen LogP contribution is 2.15. The first-order valence-electron chi connectivity index (χ1n) is 3.34. The highest BCUT2D eigenvalue weighted by molar-refractivity contribution is 7.81. The van der Waals surface area contributed by atoms with E-state index in [4.69, 9.17) is 4.74 Å². The fraction of sp³-hybridized carbons (Fsp3) is 0.600. The molecule has 0 spiro atoms. The quantitative estimate of drug-likeness (QED) is 0.504. The predicted molar refractivity (Wildman–Crippen MR) is 42.5 cm³/mol. The van der Waals surface area contributed by atoms with Gasteiger partial charge in [-0.2, -0.15) is 12.6 Å². The lowest BCUT2D eigenvalue weighted by Gasteiger charge is -2.04. The number of tetrazole rings is 1. The zero-order chi connectivity index (χ0) is 8.97. The Morgan fingerprint density at radius 3 is 3.08 bits per heavy atom. The SMILES string of the molecule is CCOC(=O)C(S)c1nnn[nH]1. The van der Waals surface area contributed by atoms with Crippen molar-refractivity contribution >= 4 is 18.6 Å². The topological polar surface area (TPSA) is 80.8 Å². The standard InChI is InChI=1S/C5H8N4O2S/c1-2-11-5(10)3(12)4-6-8-9-7-4/h3,12H,2H2,1H3,(H,6,7,8,9). The molecule has 0 aliphatic rings. The summed E-state index contributed by atoms with van der Waals surface area (Å²) in [5, 5.41) is 11.8. The maximum atomic E-state index is 11.0. The predicted octanol–water partition coefficient (Wildman–Crippen LogP) is -0.266. The average molecular weight is 188 g/mol. The number of carbonyl (C=O) groups excluding carboxylic acids is 1. The van der Waals surface area contributed by atoms with Gasteiger partial charge in [0.15, 0.2) is 11.1 Å². The Morgan fingerprint density at radius 1 is 1.83 bits per heavy atom. The van der Waals surface area contributed by atoms with Gasteiger partial charge in [-0.25, -0.2) is 5.10 Å². The molecule has 1 atom stereocenters. The van der Waals surface area contributed by atoms with Gasteiger partial charge in [-0.05, 0) is 17.4 Å². The molecule has 66 valence electrons. The zero-order valence-electron chi connectivity index (χ0n) is 6.39. The first-order valence-corrected chi connectivity index (χ1v) is 3.85. The van der Waals surface area contributed by atoms with Gasteiger partial charge in [0.2, 0.25) is 0 Å². The molecule has 0 saturated heterocycles. The normalized spacial score (nSPS) is 12.5. The summed E-state index contributed by atoms with van der Waals surface area (Å²) in [6, 6.07) is 0. The van der Waals surface area contributed by atoms with Gasteiger partial charge in [0.1, 0.15) is 0 Å². The number of H-pyrrole nitrogens is 1. The summed E-state index contributed by atoms with van der Waals surface area (Å²) >= 11 is 3.97. The van der Waals surface area contributed by atoms with E-state index in [-0.39, 0.29) is 5.82 Å². The van der Waals surface area contributed by atoms with Crippen LogP contribution in [0.25, 0.3) is 0 Å². The van der Waals surface area contributed by atoms with E-state index in [1.54, 1.807) is 6.92 Å². The molecule has 6 nitrogen and oxygen atoms in total. The summed E-state index contributed by atoms with van der Waals surface area (Å²) in [7, 11) is 0. The second kappa shape index (κ2) is 4.05. The third-order valence-corrected chi connectivity index (χ3v) is 1.59. The second-order valence-electron chi connectivity index (χ2n) is 1.94. The van der Waals surface area contributed by atoms with Gasteiger partial charge < -0.3 is 4.74 Å². The minimum Gasteiger partial charge on any atom is -0.465 e. The van der Waals surface area contributed by atoms with Crippen molar-refractivity contribution in [2.75, 3.05) is 6.61 Å². The van der Waals surface area contributed by atoms with Crippen LogP contribution in [0, 0.1) is 0 Å². The fourth-order valence-electron chi connectivity index (χ4n) is 0.615. The van der Waals surface area contributed by atoms with Crippen LogP contribution >= 0.6 is 12.6 Å². The van der Waals surface area contributed by atoms with Gasteiger partial charge in [0, 0.05) is 0 Å². The fourth-order valence-corrected chi connectivity index (χ4v) is 0.799. The molecule has 7 heteroatoms. The molecule has 1 unspecified atom stereocenters. The van der Waals surface area contributed by atoms with Crippen molar-refractivity contribution in [2.24, 2.45) is 0 Å². The Balaban J connectivity index is 2.59. The van der Waals surface area contributed by atoms with Crippen LogP contribution in [0.3, 0.4) is 0 Å². The molecule has 0 bridgehead atoms. The number of thiol groups is 1. The van der Waals surface area contributed by atoms with Crippen LogP contribution < -0.4 is 0 Å². The van der Waals surface area contributed by atoms with Crippen molar-refractivity contribution in [3.63, 3.8) is 0 Å². The van der Waals surface area contributed by atoms with Gasteiger partial charge in [0.05, 0.1) is 6.61 Å². The molecular formula is C5H8N4O2S. The first-order chi connectivity index (χ1) is 5.75. The monoisotopic (exact) mass is 188 g/mol. The van der Waals surface area contributed by atoms with E-state index in [2.05, 4.69) is 33.3 Å². The van der Waals surface area contributed by atoms with Crippen molar-refractivity contribution in [2.45, 2.75) is 12.2 Å². The minimum absolute atomic E-state index is 0.289. The number of nitrogens with one attached hydrogen (secondary N) is 1. The Bertz CT molecular complexity index is 250. The Hall–Kier alpha value is -1.11. The molecule has 12 heavy (non-hydrogen) atoms. The third-order valence-electron chi connectivity index (χ3n) is 1.13. The van der Waals surface area contributed by atoms with Gasteiger partial charge in [-0.3, -0.25) is 4.79 Å². The van der Waals surface area contributed by atoms with Crippen LogP contribution in [-0.4, -0.2) is 33.2 Å². The highest BCUT2D eigenvalue weighted by atomic mass is 32.1. The van der Waals surface area contributed by atoms with E-state index in [0.29, 0.717) is 6.61 Å². The lowest BCUT2D eigenvalue weighted by molar-refractivity contribution is -0.142. The Labute approximate surface area is 74.1 Å². The number of ether oxygens (including phenoxy) is 1. The van der Waals surface area contributed by atoms with E-state index in [1.165, 1.54) is 0 Å². The van der Waals surface area contributed by atoms with Crippen LogP contribution in [0.1, 0.15) is 18.0 Å². The second-order valence-corrected chi connectivity index (χ2v) is 2.46. The number of aromatic amines is 1. The van der Waals surface area contributed by atoms with E-state index in [9.17, 15) is 4.79 Å². The van der Waals surface area contributed by atoms with Gasteiger partial charge >= 0.3 is 5.97 Å². The molecular weight excluding hydrogens is 180 g/mol. The van der Waals surface area contributed by atoms with Crippen molar-refractivity contribution in [3.05, 3.63) is 5.82 Å². The van der Waals surface area contributed by atoms with Crippen LogP contribution in [0.15, 0.2) is 0 Å². The Kier molecular flexibility index (Phi) is 3.03. The first kappa shape index (κ1) is 8.98. The van der Waals surface area contributed by atoms with Crippen molar-refractivity contribution < 1.29 is 9.53 Å². The number of carbonyl (C=O) groups is 1. The van der Waals surface area contributed by atoms with Crippen LogP contribution in [-0.2, 0) is 9.53 Å². The maximum Gasteiger partial charge on any atom is 0.326 e. The molecule has 0 radical (unpaired) electrons. The summed E-state index contributed by atoms with van der Waals surface area (Å²) in [6.07, 6.45) is 0. The molecule has 1 rings (SSSR count). The summed E-state index contributed by atoms with van der Waals surface area (Å²) in [5.74, 6) is -0.170. The van der Waals surface area contributed by atoms with Gasteiger partial charge in [-0.15, -0.1) is 5.10 Å². The molecule has 0 amide bonds. The van der Waals surface area contributed by atoms with Crippen molar-refractivity contribution in [1.82, 2.24) is 20.6 Å². The lowest BCUT2D eigenvalue weighted by Crippen LogP contribution is -2.12. The number of esters is 1. The molecule has 0 aliphatic heterocycles. The average Bonchev–Trinajstić information content (AvgIpc) is 2.55. The van der Waals surface area contributed by atoms with E-state index in [1.807, 2.05) is 0 Å². The number of nitrogens with zero attached hydrogens (tertiary/aromatic N) is 3. The van der Waals surface area contributed by atoms with E-state index < -0.39 is 11.2 Å². The molecule has 0 saturated carbocycles. The minimum atomic E-state index is -0.736. The summed E-state index contributed by atoms with van der Waals surface area (Å²) < 4.78 is 4.70. The van der Waals surface area contributed by atoms with Gasteiger partial charge in [-0.1, -0.05) is 0 Å². The molecule has 1 aromatic rings. The van der Waals surface area contributed by atoms with Gasteiger partial charge in [0.25, 0.3) is 0 Å². The van der Waals surface area contributed by atoms with Crippen LogP contribution in [0.2, 0.25) is 0 Å². The smallest absolute Gasteiger partial charge is 0.326 e. The Morgan fingerprint density at radius 2 is 2.58 bits per heavy atom. The largest absolute Gasteiger partial charge is 0.465 e. The molecule has 0 aliphatic carbocycles. The van der Waals surface area contributed by atoms with Crippen molar-refractivity contribution in [3.8, 4) is 0 Å². The molecule has 0 fully saturated rings. The van der Waals surface area contributed by atoms with Crippen LogP contribution in [0.5, 0.6) is 0 Å². The lowest BCUT2D eigenvalue weighted by atomic mass is 10.4. The molecule has 0 aromatic carbocycles. The van der Waals surface area contributed by atoms with E-state index in [0.717, 1.165) is 0 Å². The maximum absolute atomic E-state index is 11.0. The van der Waals surface area contributed by atoms with Crippen molar-refractivity contribution in [1.29, 1.82) is 0 Å². The van der Waals surface area contributed by atoms with Crippen LogP contribution in [0.4, 0.5) is 0 Å². The summed E-state index contributed by atoms with van der Waals surface area (Å²) in [4.78, 5) is 11.0. The molecule has 1 heterocycles. The summed E-state index contributed by atoms with van der Waals surface area (Å²) in [5.41, 5.74) is 0. The molecule has 1 N–H and O–H groups in total. The summed E-state index contributed by atoms with van der Waals surface area (Å²) in [6.45, 7) is 2.04. The zero-order valence-corrected chi connectivity index (χ0v) is 7.28. The number of aromatic nitrogens is 4. The highest BCUT2D eigenvalue weighted by Gasteiger charge is 2.20. The number of hydrogen-bond acceptors (Lipinski definition) is 6. The number of rotatable bonds is 3.